The minimum absolute atomic E-state index is 0.0591. The first-order valence-corrected chi connectivity index (χ1v) is 7.55. The second-order valence-corrected chi connectivity index (χ2v) is 5.20. The SMILES string of the molecule is COc1cccc(Nc2ncc(C(=O)Nc3c(F)cccc3F)cn2)c1. The van der Waals surface area contributed by atoms with Gasteiger partial charge in [-0.15, -0.1) is 0 Å². The maximum absolute atomic E-state index is 13.6. The number of hydrogen-bond acceptors (Lipinski definition) is 5. The highest BCUT2D eigenvalue weighted by Crippen LogP contribution is 2.20. The fourth-order valence-electron chi connectivity index (χ4n) is 2.14. The Hall–Kier alpha value is -3.55. The van der Waals surface area contributed by atoms with E-state index in [0.29, 0.717) is 11.4 Å². The van der Waals surface area contributed by atoms with Crippen molar-refractivity contribution in [3.05, 3.63) is 72.1 Å². The van der Waals surface area contributed by atoms with Crippen LogP contribution < -0.4 is 15.4 Å². The number of nitrogens with zero attached hydrogens (tertiary/aromatic N) is 2. The van der Waals surface area contributed by atoms with Crippen molar-refractivity contribution in [3.8, 4) is 5.75 Å². The predicted octanol–water partition coefficient (Wildman–Crippen LogP) is 3.76. The number of amides is 1. The lowest BCUT2D eigenvalue weighted by Crippen LogP contribution is -2.15. The van der Waals surface area contributed by atoms with Gasteiger partial charge in [0.15, 0.2) is 0 Å². The van der Waals surface area contributed by atoms with Crippen molar-refractivity contribution in [3.63, 3.8) is 0 Å². The Labute approximate surface area is 147 Å². The van der Waals surface area contributed by atoms with E-state index in [1.165, 1.54) is 18.5 Å². The van der Waals surface area contributed by atoms with Crippen LogP contribution in [-0.4, -0.2) is 23.0 Å². The molecular weight excluding hydrogens is 342 g/mol. The minimum atomic E-state index is -0.865. The molecule has 0 saturated heterocycles. The van der Waals surface area contributed by atoms with E-state index in [4.69, 9.17) is 4.74 Å². The first kappa shape index (κ1) is 17.3. The molecular formula is C18H14F2N4O2. The molecule has 3 rings (SSSR count). The largest absolute Gasteiger partial charge is 0.497 e. The predicted molar refractivity (Wildman–Crippen MR) is 92.6 cm³/mol. The number of rotatable bonds is 5. The third kappa shape index (κ3) is 3.92. The van der Waals surface area contributed by atoms with E-state index in [1.807, 2.05) is 0 Å². The minimum Gasteiger partial charge on any atom is -0.497 e. The van der Waals surface area contributed by atoms with Crippen LogP contribution in [0.15, 0.2) is 54.9 Å². The molecule has 1 aromatic heterocycles. The van der Waals surface area contributed by atoms with Crippen LogP contribution in [-0.2, 0) is 0 Å². The van der Waals surface area contributed by atoms with E-state index in [1.54, 1.807) is 31.4 Å². The number of carbonyl (C=O) groups is 1. The van der Waals surface area contributed by atoms with Crippen molar-refractivity contribution in [2.75, 3.05) is 17.7 Å². The molecule has 0 aliphatic heterocycles. The number of halogens is 2. The molecule has 6 nitrogen and oxygen atoms in total. The van der Waals surface area contributed by atoms with Gasteiger partial charge in [-0.05, 0) is 24.3 Å². The zero-order chi connectivity index (χ0) is 18.5. The number of anilines is 3. The van der Waals surface area contributed by atoms with Gasteiger partial charge in [0.05, 0.1) is 12.7 Å². The summed E-state index contributed by atoms with van der Waals surface area (Å²) in [6.45, 7) is 0. The Bertz CT molecular complexity index is 912. The number of carbonyl (C=O) groups excluding carboxylic acids is 1. The van der Waals surface area contributed by atoms with Gasteiger partial charge in [-0.1, -0.05) is 12.1 Å². The molecule has 0 aliphatic rings. The molecule has 0 fully saturated rings. The van der Waals surface area contributed by atoms with Gasteiger partial charge < -0.3 is 15.4 Å². The molecule has 8 heteroatoms. The molecule has 0 unspecified atom stereocenters. The van der Waals surface area contributed by atoms with Crippen LogP contribution in [0.2, 0.25) is 0 Å². The third-order valence-corrected chi connectivity index (χ3v) is 3.44. The van der Waals surface area contributed by atoms with Crippen LogP contribution in [0.4, 0.5) is 26.1 Å². The van der Waals surface area contributed by atoms with Crippen molar-refractivity contribution >= 4 is 23.2 Å². The molecule has 0 radical (unpaired) electrons. The monoisotopic (exact) mass is 356 g/mol. The maximum atomic E-state index is 13.6. The van der Waals surface area contributed by atoms with Crippen LogP contribution in [0.25, 0.3) is 0 Å². The van der Waals surface area contributed by atoms with Crippen LogP contribution in [0, 0.1) is 11.6 Å². The third-order valence-electron chi connectivity index (χ3n) is 3.44. The van der Waals surface area contributed by atoms with Gasteiger partial charge >= 0.3 is 0 Å². The number of hydrogen-bond donors (Lipinski definition) is 2. The van der Waals surface area contributed by atoms with E-state index in [0.717, 1.165) is 12.1 Å². The summed E-state index contributed by atoms with van der Waals surface area (Å²) >= 11 is 0. The van der Waals surface area contributed by atoms with Gasteiger partial charge in [0.2, 0.25) is 5.95 Å². The number of ether oxygens (including phenoxy) is 1. The van der Waals surface area contributed by atoms with E-state index < -0.39 is 23.2 Å². The Morgan fingerprint density at radius 2 is 1.69 bits per heavy atom. The molecule has 3 aromatic rings. The summed E-state index contributed by atoms with van der Waals surface area (Å²) < 4.78 is 32.3. The van der Waals surface area contributed by atoms with Gasteiger partial charge in [0.1, 0.15) is 23.1 Å². The number of aromatic nitrogens is 2. The van der Waals surface area contributed by atoms with Crippen molar-refractivity contribution in [2.24, 2.45) is 0 Å². The van der Waals surface area contributed by atoms with Gasteiger partial charge in [0.25, 0.3) is 5.91 Å². The summed E-state index contributed by atoms with van der Waals surface area (Å²) in [6, 6.07) is 10.5. The molecule has 0 aliphatic carbocycles. The Balaban J connectivity index is 1.71. The lowest BCUT2D eigenvalue weighted by molar-refractivity contribution is 0.102. The summed E-state index contributed by atoms with van der Waals surface area (Å²) in [7, 11) is 1.56. The standard InChI is InChI=1S/C18H14F2N4O2/c1-26-13-5-2-4-12(8-13)23-18-21-9-11(10-22-18)17(25)24-16-14(19)6-3-7-15(16)20/h2-10H,1H3,(H,24,25)(H,21,22,23). The fourth-order valence-corrected chi connectivity index (χ4v) is 2.14. The molecule has 0 bridgehead atoms. The van der Waals surface area contributed by atoms with Crippen molar-refractivity contribution in [1.29, 1.82) is 0 Å². The Kier molecular flexibility index (Phi) is 5.02. The average molecular weight is 356 g/mol. The van der Waals surface area contributed by atoms with Crippen LogP contribution >= 0.6 is 0 Å². The lowest BCUT2D eigenvalue weighted by Gasteiger charge is -2.08. The second-order valence-electron chi connectivity index (χ2n) is 5.20. The first-order chi connectivity index (χ1) is 12.6. The number of para-hydroxylation sites is 1. The van der Waals surface area contributed by atoms with Crippen LogP contribution in [0.3, 0.4) is 0 Å². The van der Waals surface area contributed by atoms with E-state index in [2.05, 4.69) is 20.6 Å². The van der Waals surface area contributed by atoms with E-state index in [-0.39, 0.29) is 11.5 Å². The number of benzene rings is 2. The molecule has 1 heterocycles. The topological polar surface area (TPSA) is 76.1 Å². The summed E-state index contributed by atoms with van der Waals surface area (Å²) in [5, 5.41) is 5.13. The highest BCUT2D eigenvalue weighted by molar-refractivity contribution is 6.04. The summed E-state index contributed by atoms with van der Waals surface area (Å²) in [5.74, 6) is -1.53. The molecule has 0 atom stereocenters. The van der Waals surface area contributed by atoms with Crippen molar-refractivity contribution in [2.45, 2.75) is 0 Å². The summed E-state index contributed by atoms with van der Waals surface area (Å²) in [5.41, 5.74) is 0.245. The normalized spacial score (nSPS) is 10.3. The highest BCUT2D eigenvalue weighted by atomic mass is 19.1. The highest BCUT2D eigenvalue weighted by Gasteiger charge is 2.14. The first-order valence-electron chi connectivity index (χ1n) is 7.55. The molecule has 2 aromatic carbocycles. The quantitative estimate of drug-likeness (QED) is 0.728. The fraction of sp³-hybridized carbons (Fsp3) is 0.0556. The molecule has 2 N–H and O–H groups in total. The number of nitrogens with one attached hydrogen (secondary N) is 2. The van der Waals surface area contributed by atoms with Gasteiger partial charge in [0, 0.05) is 24.1 Å². The molecule has 0 saturated carbocycles. The molecule has 26 heavy (non-hydrogen) atoms. The second kappa shape index (κ2) is 7.56. The lowest BCUT2D eigenvalue weighted by atomic mass is 10.2. The zero-order valence-electron chi connectivity index (χ0n) is 13.7. The zero-order valence-corrected chi connectivity index (χ0v) is 13.7. The number of methoxy groups -OCH3 is 1. The van der Waals surface area contributed by atoms with Crippen LogP contribution in [0.5, 0.6) is 5.75 Å². The molecule has 1 amide bonds. The summed E-state index contributed by atoms with van der Waals surface area (Å²) in [4.78, 5) is 20.2. The van der Waals surface area contributed by atoms with Crippen molar-refractivity contribution < 1.29 is 18.3 Å². The Morgan fingerprint density at radius 3 is 2.35 bits per heavy atom. The van der Waals surface area contributed by atoms with E-state index >= 15 is 0 Å². The van der Waals surface area contributed by atoms with Gasteiger partial charge in [-0.25, -0.2) is 18.7 Å². The van der Waals surface area contributed by atoms with E-state index in [9.17, 15) is 13.6 Å². The van der Waals surface area contributed by atoms with Gasteiger partial charge in [-0.2, -0.15) is 0 Å². The summed E-state index contributed by atoms with van der Waals surface area (Å²) in [6.07, 6.45) is 2.51. The smallest absolute Gasteiger partial charge is 0.258 e. The van der Waals surface area contributed by atoms with Gasteiger partial charge in [-0.3, -0.25) is 4.79 Å². The molecule has 0 spiro atoms. The van der Waals surface area contributed by atoms with Crippen LogP contribution in [0.1, 0.15) is 10.4 Å². The maximum Gasteiger partial charge on any atom is 0.258 e. The van der Waals surface area contributed by atoms with Crippen molar-refractivity contribution in [1.82, 2.24) is 9.97 Å². The molecule has 132 valence electrons. The Morgan fingerprint density at radius 1 is 1.04 bits per heavy atom. The average Bonchev–Trinajstić information content (AvgIpc) is 2.65.